The van der Waals surface area contributed by atoms with Gasteiger partial charge in [0.25, 0.3) is 0 Å². The molecule has 0 aliphatic heterocycles. The fourth-order valence-corrected chi connectivity index (χ4v) is 4.05. The largest absolute Gasteiger partial charge is 0.321 e. The van der Waals surface area contributed by atoms with Gasteiger partial charge in [0.1, 0.15) is 0 Å². The van der Waals surface area contributed by atoms with Gasteiger partial charge in [0.05, 0.1) is 0 Å². The third kappa shape index (κ3) is 3.13. The molecule has 2 aromatic rings. The average Bonchev–Trinajstić information content (AvgIpc) is 2.46. The molecule has 21 heavy (non-hydrogen) atoms. The minimum atomic E-state index is -0.123. The van der Waals surface area contributed by atoms with Gasteiger partial charge < -0.3 is 5.73 Å². The predicted molar refractivity (Wildman–Crippen MR) is 91.2 cm³/mol. The van der Waals surface area contributed by atoms with Gasteiger partial charge in [-0.05, 0) is 53.5 Å². The first kappa shape index (κ1) is 14.6. The summed E-state index contributed by atoms with van der Waals surface area (Å²) in [4.78, 5) is 0. The van der Waals surface area contributed by atoms with Crippen molar-refractivity contribution in [1.82, 2.24) is 0 Å². The first-order chi connectivity index (χ1) is 10.1. The molecule has 1 fully saturated rings. The Hall–Kier alpha value is -1.34. The molecule has 0 spiro atoms. The molecule has 112 valence electrons. The van der Waals surface area contributed by atoms with Crippen LogP contribution in [0.2, 0.25) is 0 Å². The minimum Gasteiger partial charge on any atom is -0.321 e. The van der Waals surface area contributed by atoms with Crippen LogP contribution in [0.15, 0.2) is 42.5 Å². The molecule has 0 heterocycles. The predicted octanol–water partition coefficient (Wildman–Crippen LogP) is 5.23. The van der Waals surface area contributed by atoms with Crippen molar-refractivity contribution in [3.05, 3.63) is 48.0 Å². The van der Waals surface area contributed by atoms with Crippen molar-refractivity contribution in [1.29, 1.82) is 0 Å². The molecule has 1 aliphatic carbocycles. The summed E-state index contributed by atoms with van der Waals surface area (Å²) in [5, 5.41) is 2.62. The first-order valence-corrected chi connectivity index (χ1v) is 8.35. The van der Waals surface area contributed by atoms with Crippen LogP contribution >= 0.6 is 0 Å². The molecule has 2 aromatic carbocycles. The lowest BCUT2D eigenvalue weighted by molar-refractivity contribution is 0.202. The number of hydrogen-bond donors (Lipinski definition) is 1. The zero-order valence-electron chi connectivity index (χ0n) is 13.3. The summed E-state index contributed by atoms with van der Waals surface area (Å²) in [5.41, 5.74) is 8.04. The first-order valence-electron chi connectivity index (χ1n) is 8.35. The standard InChI is InChI=1S/C20H27N/c1-15(2)12-16-6-5-11-20(21,14-16)19-10-9-17-7-3-4-8-18(17)13-19/h3-4,7-10,13,15-16H,5-6,11-12,14,21H2,1-2H3. The van der Waals surface area contributed by atoms with E-state index in [2.05, 4.69) is 56.3 Å². The molecule has 0 amide bonds. The molecule has 1 heteroatoms. The van der Waals surface area contributed by atoms with Gasteiger partial charge >= 0.3 is 0 Å². The monoisotopic (exact) mass is 281 g/mol. The van der Waals surface area contributed by atoms with E-state index in [0.717, 1.165) is 24.7 Å². The van der Waals surface area contributed by atoms with E-state index in [1.54, 1.807) is 0 Å². The summed E-state index contributed by atoms with van der Waals surface area (Å²) < 4.78 is 0. The van der Waals surface area contributed by atoms with Crippen LogP contribution in [0.25, 0.3) is 10.8 Å². The third-order valence-corrected chi connectivity index (χ3v) is 5.02. The maximum atomic E-state index is 6.84. The highest BCUT2D eigenvalue weighted by Crippen LogP contribution is 2.40. The smallest absolute Gasteiger partial charge is 0.0412 e. The van der Waals surface area contributed by atoms with E-state index in [1.807, 2.05) is 0 Å². The molecule has 2 atom stereocenters. The Morgan fingerprint density at radius 3 is 2.67 bits per heavy atom. The zero-order chi connectivity index (χ0) is 14.9. The molecule has 0 saturated heterocycles. The molecule has 0 aromatic heterocycles. The van der Waals surface area contributed by atoms with Crippen LogP contribution in [0.3, 0.4) is 0 Å². The molecule has 1 aliphatic rings. The fourth-order valence-electron chi connectivity index (χ4n) is 4.05. The number of hydrogen-bond acceptors (Lipinski definition) is 1. The van der Waals surface area contributed by atoms with Crippen LogP contribution in [-0.2, 0) is 5.54 Å². The van der Waals surface area contributed by atoms with Crippen molar-refractivity contribution in [2.75, 3.05) is 0 Å². The van der Waals surface area contributed by atoms with Crippen LogP contribution < -0.4 is 5.73 Å². The van der Waals surface area contributed by atoms with E-state index < -0.39 is 0 Å². The lowest BCUT2D eigenvalue weighted by Crippen LogP contribution is -2.41. The Morgan fingerprint density at radius 1 is 1.14 bits per heavy atom. The molecule has 0 radical (unpaired) electrons. The topological polar surface area (TPSA) is 26.0 Å². The number of nitrogens with two attached hydrogens (primary N) is 1. The SMILES string of the molecule is CC(C)CC1CCCC(N)(c2ccc3ccccc3c2)C1. The van der Waals surface area contributed by atoms with E-state index in [1.165, 1.54) is 35.6 Å². The van der Waals surface area contributed by atoms with Crippen LogP contribution in [0.1, 0.15) is 51.5 Å². The van der Waals surface area contributed by atoms with E-state index in [-0.39, 0.29) is 5.54 Å². The number of rotatable bonds is 3. The Morgan fingerprint density at radius 2 is 1.90 bits per heavy atom. The summed E-state index contributed by atoms with van der Waals surface area (Å²) in [6.07, 6.45) is 6.20. The van der Waals surface area contributed by atoms with Crippen LogP contribution in [-0.4, -0.2) is 0 Å². The van der Waals surface area contributed by atoms with Gasteiger partial charge in [0.15, 0.2) is 0 Å². The van der Waals surface area contributed by atoms with Crippen molar-refractivity contribution >= 4 is 10.8 Å². The highest BCUT2D eigenvalue weighted by molar-refractivity contribution is 5.83. The van der Waals surface area contributed by atoms with E-state index in [4.69, 9.17) is 5.73 Å². The Bertz CT molecular complexity index is 616. The second-order valence-corrected chi connectivity index (χ2v) is 7.31. The molecule has 1 nitrogen and oxygen atoms in total. The van der Waals surface area contributed by atoms with Crippen molar-refractivity contribution in [2.24, 2.45) is 17.6 Å². The van der Waals surface area contributed by atoms with Crippen LogP contribution in [0.4, 0.5) is 0 Å². The summed E-state index contributed by atoms with van der Waals surface area (Å²) in [5.74, 6) is 1.56. The summed E-state index contributed by atoms with van der Waals surface area (Å²) in [7, 11) is 0. The van der Waals surface area contributed by atoms with Gasteiger partial charge in [0.2, 0.25) is 0 Å². The fraction of sp³-hybridized carbons (Fsp3) is 0.500. The normalized spacial score (nSPS) is 26.4. The average molecular weight is 281 g/mol. The maximum absolute atomic E-state index is 6.84. The number of benzene rings is 2. The van der Waals surface area contributed by atoms with Crippen LogP contribution in [0.5, 0.6) is 0 Å². The van der Waals surface area contributed by atoms with Gasteiger partial charge in [-0.1, -0.05) is 63.1 Å². The Balaban J connectivity index is 1.88. The van der Waals surface area contributed by atoms with Crippen molar-refractivity contribution in [3.8, 4) is 0 Å². The lowest BCUT2D eigenvalue weighted by Gasteiger charge is -2.39. The second kappa shape index (κ2) is 5.81. The van der Waals surface area contributed by atoms with Crippen molar-refractivity contribution in [3.63, 3.8) is 0 Å². The van der Waals surface area contributed by atoms with E-state index in [9.17, 15) is 0 Å². The highest BCUT2D eigenvalue weighted by Gasteiger charge is 2.34. The second-order valence-electron chi connectivity index (χ2n) is 7.31. The van der Waals surface area contributed by atoms with Gasteiger partial charge in [0, 0.05) is 5.54 Å². The molecule has 1 saturated carbocycles. The van der Waals surface area contributed by atoms with E-state index in [0.29, 0.717) is 0 Å². The highest BCUT2D eigenvalue weighted by atomic mass is 14.8. The molecule has 0 bridgehead atoms. The molecular formula is C20H27N. The van der Waals surface area contributed by atoms with Gasteiger partial charge in [-0.2, -0.15) is 0 Å². The van der Waals surface area contributed by atoms with Gasteiger partial charge in [-0.3, -0.25) is 0 Å². The lowest BCUT2D eigenvalue weighted by atomic mass is 9.70. The third-order valence-electron chi connectivity index (χ3n) is 5.02. The van der Waals surface area contributed by atoms with Crippen molar-refractivity contribution < 1.29 is 0 Å². The maximum Gasteiger partial charge on any atom is 0.0412 e. The molecule has 2 N–H and O–H groups in total. The van der Waals surface area contributed by atoms with Gasteiger partial charge in [-0.25, -0.2) is 0 Å². The molecular weight excluding hydrogens is 254 g/mol. The zero-order valence-corrected chi connectivity index (χ0v) is 13.3. The van der Waals surface area contributed by atoms with Crippen LogP contribution in [0, 0.1) is 11.8 Å². The summed E-state index contributed by atoms with van der Waals surface area (Å²) >= 11 is 0. The van der Waals surface area contributed by atoms with Gasteiger partial charge in [-0.15, -0.1) is 0 Å². The summed E-state index contributed by atoms with van der Waals surface area (Å²) in [6.45, 7) is 4.64. The van der Waals surface area contributed by atoms with E-state index >= 15 is 0 Å². The van der Waals surface area contributed by atoms with Crippen molar-refractivity contribution in [2.45, 2.75) is 51.5 Å². The number of fused-ring (bicyclic) bond motifs is 1. The Labute approximate surface area is 128 Å². The molecule has 2 unspecified atom stereocenters. The minimum absolute atomic E-state index is 0.123. The quantitative estimate of drug-likeness (QED) is 0.819. The Kier molecular flexibility index (Phi) is 4.03. The summed E-state index contributed by atoms with van der Waals surface area (Å²) in [6, 6.07) is 15.4. The molecule has 3 rings (SSSR count).